The third-order valence-corrected chi connectivity index (χ3v) is 3.14. The van der Waals surface area contributed by atoms with Crippen molar-refractivity contribution in [2.24, 2.45) is 0 Å². The van der Waals surface area contributed by atoms with Crippen LogP contribution in [0, 0.1) is 0 Å². The maximum Gasteiger partial charge on any atom is 0.150 e. The summed E-state index contributed by atoms with van der Waals surface area (Å²) in [6.07, 6.45) is 6.32. The number of anilines is 1. The topological polar surface area (TPSA) is 20.3 Å². The second-order valence-electron chi connectivity index (χ2n) is 3.53. The lowest BCUT2D eigenvalue weighted by molar-refractivity contribution is 0.112. The Kier molecular flexibility index (Phi) is 3.21. The highest BCUT2D eigenvalue weighted by molar-refractivity contribution is 9.10. The Morgan fingerprint density at radius 1 is 1.33 bits per heavy atom. The molecule has 1 aliphatic heterocycles. The van der Waals surface area contributed by atoms with Crippen molar-refractivity contribution in [1.82, 2.24) is 0 Å². The van der Waals surface area contributed by atoms with Crippen molar-refractivity contribution in [3.8, 4) is 0 Å². The van der Waals surface area contributed by atoms with Crippen LogP contribution in [-0.2, 0) is 0 Å². The van der Waals surface area contributed by atoms with Crippen molar-refractivity contribution < 1.29 is 4.79 Å². The molecule has 2 nitrogen and oxygen atoms in total. The van der Waals surface area contributed by atoms with Crippen molar-refractivity contribution in [2.45, 2.75) is 6.42 Å². The van der Waals surface area contributed by atoms with Crippen LogP contribution in [0.2, 0.25) is 0 Å². The van der Waals surface area contributed by atoms with E-state index in [9.17, 15) is 4.79 Å². The molecule has 0 saturated carbocycles. The van der Waals surface area contributed by atoms with Crippen LogP contribution >= 0.6 is 15.9 Å². The van der Waals surface area contributed by atoms with Gasteiger partial charge in [-0.2, -0.15) is 0 Å². The van der Waals surface area contributed by atoms with Gasteiger partial charge < -0.3 is 4.90 Å². The van der Waals surface area contributed by atoms with Crippen LogP contribution in [0.4, 0.5) is 5.69 Å². The summed E-state index contributed by atoms with van der Waals surface area (Å²) in [6, 6.07) is 5.71. The Balaban J connectivity index is 2.28. The largest absolute Gasteiger partial charge is 0.367 e. The number of hydrogen-bond donors (Lipinski definition) is 0. The monoisotopic (exact) mass is 265 g/mol. The summed E-state index contributed by atoms with van der Waals surface area (Å²) in [4.78, 5) is 12.9. The molecule has 15 heavy (non-hydrogen) atoms. The Bertz CT molecular complexity index is 401. The number of halogens is 1. The molecule has 1 aromatic rings. The Labute approximate surface area is 97.7 Å². The minimum Gasteiger partial charge on any atom is -0.367 e. The van der Waals surface area contributed by atoms with E-state index in [4.69, 9.17) is 0 Å². The molecule has 2 rings (SSSR count). The van der Waals surface area contributed by atoms with E-state index in [2.05, 4.69) is 33.0 Å². The number of benzene rings is 1. The first-order chi connectivity index (χ1) is 7.31. The number of carbonyl (C=O) groups excluding carboxylic acids is 1. The summed E-state index contributed by atoms with van der Waals surface area (Å²) >= 11 is 3.50. The lowest BCUT2D eigenvalue weighted by atomic mass is 10.2. The van der Waals surface area contributed by atoms with Gasteiger partial charge in [0.1, 0.15) is 6.29 Å². The maximum atomic E-state index is 10.6. The van der Waals surface area contributed by atoms with E-state index in [1.807, 2.05) is 18.2 Å². The summed E-state index contributed by atoms with van der Waals surface area (Å²) in [7, 11) is 0. The molecule has 3 heteroatoms. The number of hydrogen-bond acceptors (Lipinski definition) is 2. The fourth-order valence-electron chi connectivity index (χ4n) is 1.71. The van der Waals surface area contributed by atoms with Gasteiger partial charge in [-0.25, -0.2) is 0 Å². The zero-order chi connectivity index (χ0) is 10.7. The highest BCUT2D eigenvalue weighted by atomic mass is 79.9. The highest BCUT2D eigenvalue weighted by Crippen LogP contribution is 2.28. The number of rotatable bonds is 2. The van der Waals surface area contributed by atoms with Crippen molar-refractivity contribution in [3.63, 3.8) is 0 Å². The second-order valence-corrected chi connectivity index (χ2v) is 4.39. The first kappa shape index (κ1) is 10.4. The molecule has 0 unspecified atom stereocenters. The van der Waals surface area contributed by atoms with E-state index in [1.54, 1.807) is 0 Å². The normalized spacial score (nSPS) is 15.4. The van der Waals surface area contributed by atoms with Crippen molar-refractivity contribution in [3.05, 3.63) is 40.4 Å². The lowest BCUT2D eigenvalue weighted by Gasteiger charge is -2.26. The molecule has 0 amide bonds. The Morgan fingerprint density at radius 3 is 2.80 bits per heavy atom. The molecular formula is C12H12BrNO. The predicted octanol–water partition coefficient (Wildman–Crippen LogP) is 3.03. The van der Waals surface area contributed by atoms with E-state index in [1.165, 1.54) is 0 Å². The van der Waals surface area contributed by atoms with Gasteiger partial charge in [0.05, 0.1) is 5.69 Å². The molecule has 78 valence electrons. The van der Waals surface area contributed by atoms with Gasteiger partial charge in [0.25, 0.3) is 0 Å². The third kappa shape index (κ3) is 2.29. The van der Waals surface area contributed by atoms with Gasteiger partial charge in [0.2, 0.25) is 0 Å². The fraction of sp³-hybridized carbons (Fsp3) is 0.250. The molecule has 0 spiro atoms. The molecule has 0 aliphatic carbocycles. The van der Waals surface area contributed by atoms with Crippen molar-refractivity contribution in [1.29, 1.82) is 0 Å². The lowest BCUT2D eigenvalue weighted by Crippen LogP contribution is -2.26. The van der Waals surface area contributed by atoms with Gasteiger partial charge in [0.15, 0.2) is 0 Å². The maximum absolute atomic E-state index is 10.6. The van der Waals surface area contributed by atoms with E-state index in [0.29, 0.717) is 5.56 Å². The van der Waals surface area contributed by atoms with Gasteiger partial charge in [-0.05, 0) is 40.5 Å². The van der Waals surface area contributed by atoms with Gasteiger partial charge >= 0.3 is 0 Å². The minimum absolute atomic E-state index is 0.707. The molecule has 0 atom stereocenters. The van der Waals surface area contributed by atoms with Crippen LogP contribution in [0.3, 0.4) is 0 Å². The average Bonchev–Trinajstić information content (AvgIpc) is 2.30. The number of aldehydes is 1. The summed E-state index contributed by atoms with van der Waals surface area (Å²) in [5.41, 5.74) is 1.86. The van der Waals surface area contributed by atoms with Crippen molar-refractivity contribution >= 4 is 27.9 Å². The van der Waals surface area contributed by atoms with E-state index in [0.717, 1.165) is 36.0 Å². The molecule has 1 aliphatic rings. The molecule has 0 N–H and O–H groups in total. The quantitative estimate of drug-likeness (QED) is 0.605. The average molecular weight is 266 g/mol. The summed E-state index contributed by atoms with van der Waals surface area (Å²) in [6.45, 7) is 1.98. The van der Waals surface area contributed by atoms with Gasteiger partial charge in [-0.15, -0.1) is 0 Å². The van der Waals surface area contributed by atoms with Crippen LogP contribution in [-0.4, -0.2) is 19.4 Å². The second kappa shape index (κ2) is 4.62. The predicted molar refractivity (Wildman–Crippen MR) is 65.5 cm³/mol. The van der Waals surface area contributed by atoms with Crippen LogP contribution in [0.5, 0.6) is 0 Å². The zero-order valence-corrected chi connectivity index (χ0v) is 9.90. The highest BCUT2D eigenvalue weighted by Gasteiger charge is 2.10. The standard InChI is InChI=1S/C12H12BrNO/c13-11-8-10(9-15)4-5-12(11)14-6-2-1-3-7-14/h1-2,4-5,8-9H,3,6-7H2. The van der Waals surface area contributed by atoms with Crippen LogP contribution in [0.1, 0.15) is 16.8 Å². The summed E-state index contributed by atoms with van der Waals surface area (Å²) in [5.74, 6) is 0. The molecule has 1 aromatic carbocycles. The van der Waals surface area contributed by atoms with E-state index >= 15 is 0 Å². The Morgan fingerprint density at radius 2 is 2.20 bits per heavy atom. The number of nitrogens with zero attached hydrogens (tertiary/aromatic N) is 1. The van der Waals surface area contributed by atoms with Crippen molar-refractivity contribution in [2.75, 3.05) is 18.0 Å². The van der Waals surface area contributed by atoms with Crippen LogP contribution in [0.15, 0.2) is 34.8 Å². The fourth-order valence-corrected chi connectivity index (χ4v) is 2.36. The van der Waals surface area contributed by atoms with Gasteiger partial charge in [-0.3, -0.25) is 4.79 Å². The molecule has 1 heterocycles. The smallest absolute Gasteiger partial charge is 0.150 e. The third-order valence-electron chi connectivity index (χ3n) is 2.51. The van der Waals surface area contributed by atoms with Crippen LogP contribution < -0.4 is 4.90 Å². The van der Waals surface area contributed by atoms with E-state index < -0.39 is 0 Å². The molecule has 0 saturated heterocycles. The Hall–Kier alpha value is -1.09. The molecule has 0 radical (unpaired) electrons. The summed E-state index contributed by atoms with van der Waals surface area (Å²) < 4.78 is 0.988. The van der Waals surface area contributed by atoms with Crippen LogP contribution in [0.25, 0.3) is 0 Å². The molecule has 0 fully saturated rings. The SMILES string of the molecule is O=Cc1ccc(N2CC=CCC2)c(Br)c1. The van der Waals surface area contributed by atoms with E-state index in [-0.39, 0.29) is 0 Å². The zero-order valence-electron chi connectivity index (χ0n) is 8.32. The molecule has 0 bridgehead atoms. The first-order valence-electron chi connectivity index (χ1n) is 4.96. The molecule has 0 aromatic heterocycles. The van der Waals surface area contributed by atoms with Gasteiger partial charge in [-0.1, -0.05) is 12.2 Å². The van der Waals surface area contributed by atoms with Gasteiger partial charge in [0, 0.05) is 23.1 Å². The molecular weight excluding hydrogens is 254 g/mol. The number of carbonyl (C=O) groups is 1. The summed E-state index contributed by atoms with van der Waals surface area (Å²) in [5, 5.41) is 0. The minimum atomic E-state index is 0.707. The first-order valence-corrected chi connectivity index (χ1v) is 5.75.